The van der Waals surface area contributed by atoms with Gasteiger partial charge in [-0.3, -0.25) is 9.59 Å². The minimum atomic E-state index is -0.429. The summed E-state index contributed by atoms with van der Waals surface area (Å²) in [6, 6.07) is 0. The molecule has 1 saturated heterocycles. The molecule has 0 amide bonds. The smallest absolute Gasteiger partial charge is 0.166 e. The molecule has 0 spiro atoms. The summed E-state index contributed by atoms with van der Waals surface area (Å²) in [6.45, 7) is 4.51. The molecule has 1 heterocycles. The number of carbonyl (C=O) groups excluding carboxylic acids is 2. The van der Waals surface area contributed by atoms with E-state index in [1.807, 2.05) is 45.3 Å². The van der Waals surface area contributed by atoms with Gasteiger partial charge in [-0.15, -0.1) is 0 Å². The number of rotatable bonds is 3. The van der Waals surface area contributed by atoms with Crippen molar-refractivity contribution in [3.63, 3.8) is 0 Å². The standard InChI is InChI=1S/C27H33NO3/c1-5-7-19(28(3)4)8-6-9-24-26-21-13-11-20(29)16-18(21)10-12-22(26)23-14-15-25(30)27(23,2)17-31-24/h5-8,16,22-23H,10-15,17H2,1-4H3/b7-5-,19-8+. The van der Waals surface area contributed by atoms with E-state index in [4.69, 9.17) is 4.74 Å². The Hall–Kier alpha value is -2.58. The molecule has 1 aliphatic heterocycles. The van der Waals surface area contributed by atoms with Gasteiger partial charge in [0.25, 0.3) is 0 Å². The number of fused-ring (bicyclic) bond motifs is 4. The molecule has 4 aliphatic rings. The Bertz CT molecular complexity index is 984. The van der Waals surface area contributed by atoms with Crippen LogP contribution in [0.2, 0.25) is 0 Å². The molecule has 0 aromatic heterocycles. The fraction of sp³-hybridized carbons (Fsp3) is 0.519. The van der Waals surface area contributed by atoms with Gasteiger partial charge in [0.15, 0.2) is 11.5 Å². The van der Waals surface area contributed by atoms with Crippen LogP contribution in [0.4, 0.5) is 0 Å². The summed E-state index contributed by atoms with van der Waals surface area (Å²) >= 11 is 0. The SMILES string of the molecule is C/C=C\C(=C/C=C=C1OCC2(C)C(=O)CCC2C2CCC3=CC(=O)CCC3=C12)N(C)C. The van der Waals surface area contributed by atoms with E-state index in [0.29, 0.717) is 37.1 Å². The van der Waals surface area contributed by atoms with Crippen LogP contribution in [0.5, 0.6) is 0 Å². The zero-order chi connectivity index (χ0) is 22.2. The zero-order valence-corrected chi connectivity index (χ0v) is 19.2. The van der Waals surface area contributed by atoms with Crippen LogP contribution in [0.25, 0.3) is 0 Å². The second-order valence-electron chi connectivity index (χ2n) is 9.57. The number of ketones is 2. The molecule has 0 aromatic carbocycles. The van der Waals surface area contributed by atoms with Crippen molar-refractivity contribution in [2.24, 2.45) is 17.3 Å². The van der Waals surface area contributed by atoms with Gasteiger partial charge in [-0.05, 0) is 86.8 Å². The van der Waals surface area contributed by atoms with E-state index in [9.17, 15) is 9.59 Å². The molecule has 2 fully saturated rings. The first-order valence-corrected chi connectivity index (χ1v) is 11.5. The van der Waals surface area contributed by atoms with Crippen molar-refractivity contribution >= 4 is 11.6 Å². The highest BCUT2D eigenvalue weighted by atomic mass is 16.5. The summed E-state index contributed by atoms with van der Waals surface area (Å²) in [4.78, 5) is 26.9. The van der Waals surface area contributed by atoms with Crippen LogP contribution in [-0.4, -0.2) is 37.2 Å². The van der Waals surface area contributed by atoms with Crippen LogP contribution >= 0.6 is 0 Å². The lowest BCUT2D eigenvalue weighted by Crippen LogP contribution is -2.36. The van der Waals surface area contributed by atoms with E-state index in [0.717, 1.165) is 42.7 Å². The maximum atomic E-state index is 12.8. The first kappa shape index (κ1) is 21.6. The second kappa shape index (κ2) is 8.51. The molecule has 1 saturated carbocycles. The van der Waals surface area contributed by atoms with E-state index >= 15 is 0 Å². The minimum absolute atomic E-state index is 0.221. The summed E-state index contributed by atoms with van der Waals surface area (Å²) in [5, 5.41) is 0. The largest absolute Gasteiger partial charge is 0.485 e. The lowest BCUT2D eigenvalue weighted by atomic mass is 9.65. The van der Waals surface area contributed by atoms with E-state index in [1.165, 1.54) is 11.1 Å². The topological polar surface area (TPSA) is 46.6 Å². The number of hydrogen-bond donors (Lipinski definition) is 0. The maximum Gasteiger partial charge on any atom is 0.166 e. The number of Topliss-reactive ketones (excluding diaryl/α,β-unsaturated/α-hetero) is 1. The molecule has 4 rings (SSSR count). The summed E-state index contributed by atoms with van der Waals surface area (Å²) in [6.07, 6.45) is 14.6. The highest BCUT2D eigenvalue weighted by molar-refractivity contribution is 5.93. The molecule has 4 heteroatoms. The Morgan fingerprint density at radius 3 is 2.74 bits per heavy atom. The molecule has 0 radical (unpaired) electrons. The molecular weight excluding hydrogens is 386 g/mol. The average molecular weight is 420 g/mol. The van der Waals surface area contributed by atoms with Crippen LogP contribution in [0.15, 0.2) is 64.3 Å². The van der Waals surface area contributed by atoms with Gasteiger partial charge >= 0.3 is 0 Å². The second-order valence-corrected chi connectivity index (χ2v) is 9.57. The van der Waals surface area contributed by atoms with Crippen molar-refractivity contribution in [2.45, 2.75) is 52.4 Å². The van der Waals surface area contributed by atoms with Gasteiger partial charge in [-0.1, -0.05) is 11.8 Å². The van der Waals surface area contributed by atoms with Crippen LogP contribution in [-0.2, 0) is 14.3 Å². The number of likely N-dealkylation sites (N-methyl/N-ethyl adjacent to an activating group) is 1. The monoisotopic (exact) mass is 419 g/mol. The Balaban J connectivity index is 1.85. The Morgan fingerprint density at radius 2 is 2.00 bits per heavy atom. The Morgan fingerprint density at radius 1 is 1.19 bits per heavy atom. The molecule has 31 heavy (non-hydrogen) atoms. The average Bonchev–Trinajstić information content (AvgIpc) is 2.96. The molecule has 0 aromatic rings. The third-order valence-corrected chi connectivity index (χ3v) is 7.47. The molecule has 3 atom stereocenters. The molecule has 0 bridgehead atoms. The van der Waals surface area contributed by atoms with Gasteiger partial charge in [0.05, 0.1) is 5.41 Å². The van der Waals surface area contributed by atoms with Crippen molar-refractivity contribution in [2.75, 3.05) is 20.7 Å². The molecule has 4 nitrogen and oxygen atoms in total. The summed E-state index contributed by atoms with van der Waals surface area (Å²) in [5.41, 5.74) is 7.70. The maximum absolute atomic E-state index is 12.8. The van der Waals surface area contributed by atoms with Crippen LogP contribution in [0.3, 0.4) is 0 Å². The highest BCUT2D eigenvalue weighted by Gasteiger charge is 2.54. The zero-order valence-electron chi connectivity index (χ0n) is 19.2. The summed E-state index contributed by atoms with van der Waals surface area (Å²) < 4.78 is 6.36. The van der Waals surface area contributed by atoms with E-state index in [-0.39, 0.29) is 5.78 Å². The summed E-state index contributed by atoms with van der Waals surface area (Å²) in [7, 11) is 4.03. The van der Waals surface area contributed by atoms with E-state index in [1.54, 1.807) is 0 Å². The van der Waals surface area contributed by atoms with Crippen LogP contribution < -0.4 is 0 Å². The fourth-order valence-corrected chi connectivity index (χ4v) is 5.76. The van der Waals surface area contributed by atoms with Crippen molar-refractivity contribution < 1.29 is 14.3 Å². The van der Waals surface area contributed by atoms with Gasteiger partial charge in [0.1, 0.15) is 12.4 Å². The van der Waals surface area contributed by atoms with Crippen molar-refractivity contribution in [3.05, 3.63) is 64.3 Å². The van der Waals surface area contributed by atoms with Crippen molar-refractivity contribution in [3.8, 4) is 0 Å². The number of carbonyl (C=O) groups is 2. The Kier molecular flexibility index (Phi) is 5.94. The van der Waals surface area contributed by atoms with Gasteiger partial charge in [0, 0.05) is 38.2 Å². The molecule has 3 aliphatic carbocycles. The first-order valence-electron chi connectivity index (χ1n) is 11.5. The van der Waals surface area contributed by atoms with Crippen molar-refractivity contribution in [1.29, 1.82) is 0 Å². The third-order valence-electron chi connectivity index (χ3n) is 7.47. The molecular formula is C27H33NO3. The first-order chi connectivity index (χ1) is 14.8. The van der Waals surface area contributed by atoms with Gasteiger partial charge in [-0.25, -0.2) is 0 Å². The quantitative estimate of drug-likeness (QED) is 0.474. The van der Waals surface area contributed by atoms with Gasteiger partial charge in [0.2, 0.25) is 0 Å². The van der Waals surface area contributed by atoms with Crippen LogP contribution in [0, 0.1) is 17.3 Å². The normalized spacial score (nSPS) is 30.8. The minimum Gasteiger partial charge on any atom is -0.485 e. The molecule has 3 unspecified atom stereocenters. The summed E-state index contributed by atoms with van der Waals surface area (Å²) in [5.74, 6) is 1.91. The molecule has 0 N–H and O–H groups in total. The highest BCUT2D eigenvalue weighted by Crippen LogP contribution is 2.55. The van der Waals surface area contributed by atoms with Gasteiger partial charge < -0.3 is 9.64 Å². The van der Waals surface area contributed by atoms with E-state index < -0.39 is 5.41 Å². The number of hydrogen-bond acceptors (Lipinski definition) is 4. The fourth-order valence-electron chi connectivity index (χ4n) is 5.76. The Labute approximate surface area is 185 Å². The lowest BCUT2D eigenvalue weighted by Gasteiger charge is -2.37. The van der Waals surface area contributed by atoms with Crippen molar-refractivity contribution in [1.82, 2.24) is 4.90 Å². The lowest BCUT2D eigenvalue weighted by molar-refractivity contribution is -0.129. The predicted molar refractivity (Wildman–Crippen MR) is 122 cm³/mol. The van der Waals surface area contributed by atoms with E-state index in [2.05, 4.69) is 23.6 Å². The number of allylic oxidation sites excluding steroid dienone is 7. The number of ether oxygens (including phenoxy) is 1. The van der Waals surface area contributed by atoms with Crippen LogP contribution in [0.1, 0.15) is 52.4 Å². The van der Waals surface area contributed by atoms with Gasteiger partial charge in [-0.2, -0.15) is 0 Å². The third kappa shape index (κ3) is 3.90. The number of nitrogens with zero attached hydrogens (tertiary/aromatic N) is 1. The molecule has 164 valence electrons. The predicted octanol–water partition coefficient (Wildman–Crippen LogP) is 5.06.